The zero-order valence-corrected chi connectivity index (χ0v) is 10.5. The van der Waals surface area contributed by atoms with Crippen LogP contribution in [0.5, 0.6) is 0 Å². The van der Waals surface area contributed by atoms with Gasteiger partial charge in [-0.1, -0.05) is 26.2 Å². The number of aromatic amines is 1. The number of sulfonamides is 1. The van der Waals surface area contributed by atoms with Gasteiger partial charge < -0.3 is 4.98 Å². The van der Waals surface area contributed by atoms with E-state index in [4.69, 9.17) is 0 Å². The molecule has 6 heteroatoms. The lowest BCUT2D eigenvalue weighted by atomic mass is 10.1. The molecule has 2 N–H and O–H groups in total. The van der Waals surface area contributed by atoms with Crippen LogP contribution in [0.25, 0.3) is 0 Å². The Labute approximate surface area is 96.7 Å². The third-order valence-electron chi connectivity index (χ3n) is 2.36. The number of nitrogens with zero attached hydrogens (tertiary/aromatic N) is 1. The summed E-state index contributed by atoms with van der Waals surface area (Å²) in [7, 11) is -3.42. The van der Waals surface area contributed by atoms with Gasteiger partial charge in [-0.2, -0.15) is 0 Å². The molecule has 5 nitrogen and oxygen atoms in total. The van der Waals surface area contributed by atoms with E-state index in [9.17, 15) is 8.42 Å². The Balaban J connectivity index is 2.47. The van der Waals surface area contributed by atoms with Gasteiger partial charge in [0.05, 0.1) is 12.5 Å². The van der Waals surface area contributed by atoms with Crippen LogP contribution in [0, 0.1) is 0 Å². The molecule has 92 valence electrons. The molecule has 0 amide bonds. The predicted molar refractivity (Wildman–Crippen MR) is 62.5 cm³/mol. The molecule has 0 aliphatic heterocycles. The Morgan fingerprint density at radius 3 is 2.81 bits per heavy atom. The van der Waals surface area contributed by atoms with E-state index in [1.807, 2.05) is 6.92 Å². The van der Waals surface area contributed by atoms with E-state index in [1.54, 1.807) is 0 Å². The summed E-state index contributed by atoms with van der Waals surface area (Å²) >= 11 is 0. The van der Waals surface area contributed by atoms with E-state index in [2.05, 4.69) is 21.6 Å². The summed E-state index contributed by atoms with van der Waals surface area (Å²) in [6.07, 6.45) is 6.85. The van der Waals surface area contributed by atoms with E-state index >= 15 is 0 Å². The monoisotopic (exact) mass is 245 g/mol. The van der Waals surface area contributed by atoms with Gasteiger partial charge in [0.1, 0.15) is 0 Å². The molecule has 1 heterocycles. The molecule has 1 aromatic heterocycles. The molecule has 1 atom stereocenters. The molecule has 0 aromatic carbocycles. The highest BCUT2D eigenvalue weighted by atomic mass is 32.2. The maximum Gasteiger partial charge on any atom is 0.257 e. The predicted octanol–water partition coefficient (Wildman–Crippen LogP) is 1.66. The lowest BCUT2D eigenvalue weighted by Gasteiger charge is -2.12. The number of imidazole rings is 1. The van der Waals surface area contributed by atoms with Crippen molar-refractivity contribution in [3.63, 3.8) is 0 Å². The van der Waals surface area contributed by atoms with Gasteiger partial charge in [-0.25, -0.2) is 18.1 Å². The summed E-state index contributed by atoms with van der Waals surface area (Å²) in [4.78, 5) is 6.28. The molecule has 0 aliphatic carbocycles. The van der Waals surface area contributed by atoms with Gasteiger partial charge in [-0.15, -0.1) is 0 Å². The highest BCUT2D eigenvalue weighted by Gasteiger charge is 2.17. The number of nitrogens with one attached hydrogen (secondary N) is 2. The zero-order valence-electron chi connectivity index (χ0n) is 9.73. The Morgan fingerprint density at radius 1 is 1.50 bits per heavy atom. The van der Waals surface area contributed by atoms with Crippen molar-refractivity contribution in [3.05, 3.63) is 12.5 Å². The van der Waals surface area contributed by atoms with Gasteiger partial charge in [0.25, 0.3) is 10.0 Å². The molecular formula is C10H19N3O2S. The second-order valence-corrected chi connectivity index (χ2v) is 5.62. The third kappa shape index (κ3) is 3.94. The molecule has 1 unspecified atom stereocenters. The van der Waals surface area contributed by atoms with Crippen LogP contribution in [0.1, 0.15) is 39.5 Å². The van der Waals surface area contributed by atoms with E-state index in [-0.39, 0.29) is 11.1 Å². The lowest BCUT2D eigenvalue weighted by molar-refractivity contribution is 0.525. The molecule has 0 radical (unpaired) electrons. The fourth-order valence-electron chi connectivity index (χ4n) is 1.48. The number of hydrogen-bond donors (Lipinski definition) is 2. The number of rotatable bonds is 7. The zero-order chi connectivity index (χ0) is 12.0. The number of hydrogen-bond acceptors (Lipinski definition) is 3. The van der Waals surface area contributed by atoms with Crippen LogP contribution in [-0.4, -0.2) is 24.4 Å². The molecule has 1 aromatic rings. The smallest absolute Gasteiger partial charge is 0.257 e. The van der Waals surface area contributed by atoms with Crippen molar-refractivity contribution in [1.82, 2.24) is 14.7 Å². The van der Waals surface area contributed by atoms with Crippen LogP contribution in [0.15, 0.2) is 17.6 Å². The standard InChI is InChI=1S/C10H19N3O2S/c1-3-4-5-6-9(2)13-16(14,15)10-7-11-8-12-10/h7-9,13H,3-6H2,1-2H3,(H,11,12). The van der Waals surface area contributed by atoms with E-state index in [0.29, 0.717) is 0 Å². The molecular weight excluding hydrogens is 226 g/mol. The van der Waals surface area contributed by atoms with Gasteiger partial charge in [0.15, 0.2) is 5.03 Å². The SMILES string of the molecule is CCCCCC(C)NS(=O)(=O)c1cnc[nH]1. The van der Waals surface area contributed by atoms with Crippen molar-refractivity contribution in [2.24, 2.45) is 0 Å². The maximum atomic E-state index is 11.8. The Bertz CT molecular complexity index is 386. The summed E-state index contributed by atoms with van der Waals surface area (Å²) in [5.74, 6) is 0. The average Bonchev–Trinajstić information content (AvgIpc) is 2.70. The van der Waals surface area contributed by atoms with Crippen molar-refractivity contribution >= 4 is 10.0 Å². The molecule has 0 bridgehead atoms. The van der Waals surface area contributed by atoms with E-state index in [1.165, 1.54) is 12.5 Å². The molecule has 0 spiro atoms. The van der Waals surface area contributed by atoms with Crippen LogP contribution in [0.3, 0.4) is 0 Å². The molecule has 0 fully saturated rings. The van der Waals surface area contributed by atoms with Crippen LogP contribution < -0.4 is 4.72 Å². The number of H-pyrrole nitrogens is 1. The topological polar surface area (TPSA) is 74.8 Å². The van der Waals surface area contributed by atoms with Crippen molar-refractivity contribution in [1.29, 1.82) is 0 Å². The Hall–Kier alpha value is -0.880. The number of unbranched alkanes of at least 4 members (excludes halogenated alkanes) is 2. The molecule has 1 rings (SSSR count). The van der Waals surface area contributed by atoms with Gasteiger partial charge in [-0.05, 0) is 13.3 Å². The largest absolute Gasteiger partial charge is 0.335 e. The minimum Gasteiger partial charge on any atom is -0.335 e. The maximum absolute atomic E-state index is 11.8. The fraction of sp³-hybridized carbons (Fsp3) is 0.700. The normalized spacial score (nSPS) is 13.9. The van der Waals surface area contributed by atoms with Crippen LogP contribution in [-0.2, 0) is 10.0 Å². The molecule has 0 saturated heterocycles. The fourth-order valence-corrected chi connectivity index (χ4v) is 2.66. The van der Waals surface area contributed by atoms with E-state index in [0.717, 1.165) is 25.7 Å². The average molecular weight is 245 g/mol. The van der Waals surface area contributed by atoms with Gasteiger partial charge in [0, 0.05) is 6.04 Å². The first-order valence-electron chi connectivity index (χ1n) is 5.57. The minimum absolute atomic E-state index is 0.0418. The summed E-state index contributed by atoms with van der Waals surface area (Å²) < 4.78 is 26.1. The van der Waals surface area contributed by atoms with Crippen LogP contribution in [0.2, 0.25) is 0 Å². The second kappa shape index (κ2) is 6.00. The first-order valence-corrected chi connectivity index (χ1v) is 7.05. The highest BCUT2D eigenvalue weighted by molar-refractivity contribution is 7.89. The van der Waals surface area contributed by atoms with Crippen LogP contribution in [0.4, 0.5) is 0 Å². The quantitative estimate of drug-likeness (QED) is 0.717. The lowest BCUT2D eigenvalue weighted by Crippen LogP contribution is -2.32. The Morgan fingerprint density at radius 2 is 2.25 bits per heavy atom. The first kappa shape index (κ1) is 13.2. The summed E-state index contributed by atoms with van der Waals surface area (Å²) in [6.45, 7) is 4.00. The highest BCUT2D eigenvalue weighted by Crippen LogP contribution is 2.07. The Kier molecular flexibility index (Phi) is 4.95. The van der Waals surface area contributed by atoms with E-state index < -0.39 is 10.0 Å². The molecule has 16 heavy (non-hydrogen) atoms. The molecule has 0 saturated carbocycles. The van der Waals surface area contributed by atoms with Crippen molar-refractivity contribution < 1.29 is 8.42 Å². The van der Waals surface area contributed by atoms with Gasteiger partial charge in [0.2, 0.25) is 0 Å². The van der Waals surface area contributed by atoms with Crippen LogP contribution >= 0.6 is 0 Å². The van der Waals surface area contributed by atoms with Gasteiger partial charge >= 0.3 is 0 Å². The summed E-state index contributed by atoms with van der Waals surface area (Å²) in [5, 5.41) is 0.120. The summed E-state index contributed by atoms with van der Waals surface area (Å²) in [6, 6.07) is -0.0418. The third-order valence-corrected chi connectivity index (χ3v) is 3.87. The first-order chi connectivity index (χ1) is 7.56. The minimum atomic E-state index is -3.42. The van der Waals surface area contributed by atoms with Crippen molar-refractivity contribution in [2.45, 2.75) is 50.6 Å². The van der Waals surface area contributed by atoms with Crippen molar-refractivity contribution in [2.75, 3.05) is 0 Å². The second-order valence-electron chi connectivity index (χ2n) is 3.93. The summed E-state index contributed by atoms with van der Waals surface area (Å²) in [5.41, 5.74) is 0. The van der Waals surface area contributed by atoms with Crippen molar-refractivity contribution in [3.8, 4) is 0 Å². The molecule has 0 aliphatic rings. The van der Waals surface area contributed by atoms with Gasteiger partial charge in [-0.3, -0.25) is 0 Å². The number of aromatic nitrogens is 2.